The molecule has 2 fully saturated rings. The van der Waals surface area contributed by atoms with E-state index in [1.54, 1.807) is 12.3 Å². The number of nitrogens with one attached hydrogen (secondary N) is 2. The van der Waals surface area contributed by atoms with Gasteiger partial charge in [0.15, 0.2) is 5.78 Å². The summed E-state index contributed by atoms with van der Waals surface area (Å²) in [5.74, 6) is 2.54. The summed E-state index contributed by atoms with van der Waals surface area (Å²) in [5, 5.41) is 2.96. The number of carbonyl (C=O) groups excluding carboxylic acids is 2. The van der Waals surface area contributed by atoms with Crippen LogP contribution in [0.15, 0.2) is 12.3 Å². The van der Waals surface area contributed by atoms with E-state index in [0.717, 1.165) is 30.7 Å². The lowest BCUT2D eigenvalue weighted by Crippen LogP contribution is -2.27. The number of amides is 1. The number of aromatic nitrogens is 1. The number of hydrogen-bond acceptors (Lipinski definition) is 2. The van der Waals surface area contributed by atoms with Crippen LogP contribution in [0, 0.1) is 17.8 Å². The maximum atomic E-state index is 12.0. The number of aromatic amines is 1. The van der Waals surface area contributed by atoms with Crippen LogP contribution in [-0.2, 0) is 0 Å². The van der Waals surface area contributed by atoms with Crippen molar-refractivity contribution in [3.8, 4) is 0 Å². The van der Waals surface area contributed by atoms with Crippen LogP contribution in [0.4, 0.5) is 0 Å². The highest BCUT2D eigenvalue weighted by molar-refractivity contribution is 5.99. The molecule has 20 heavy (non-hydrogen) atoms. The fraction of sp³-hybridized carbons (Fsp3) is 0.625. The molecule has 1 heterocycles. The van der Waals surface area contributed by atoms with Gasteiger partial charge in [-0.05, 0) is 56.4 Å². The Morgan fingerprint density at radius 1 is 1.35 bits per heavy atom. The maximum Gasteiger partial charge on any atom is 0.267 e. The molecule has 4 nitrogen and oxygen atoms in total. The zero-order valence-electron chi connectivity index (χ0n) is 11.9. The SMILES string of the molecule is CC(=O)c1c[nH]c(C(=O)NCCC2CC3CCC2C3)c1. The molecule has 108 valence electrons. The first-order valence-corrected chi connectivity index (χ1v) is 7.61. The van der Waals surface area contributed by atoms with E-state index >= 15 is 0 Å². The van der Waals surface area contributed by atoms with E-state index in [9.17, 15) is 9.59 Å². The lowest BCUT2D eigenvalue weighted by Gasteiger charge is -2.21. The number of rotatable bonds is 5. The van der Waals surface area contributed by atoms with Gasteiger partial charge in [0.1, 0.15) is 5.69 Å². The average Bonchev–Trinajstić information content (AvgIpc) is 3.14. The number of ketones is 1. The summed E-state index contributed by atoms with van der Waals surface area (Å²) in [7, 11) is 0. The van der Waals surface area contributed by atoms with Crippen LogP contribution in [0.5, 0.6) is 0 Å². The molecule has 4 heteroatoms. The van der Waals surface area contributed by atoms with Crippen molar-refractivity contribution in [3.63, 3.8) is 0 Å². The van der Waals surface area contributed by atoms with Gasteiger partial charge < -0.3 is 10.3 Å². The Balaban J connectivity index is 1.46. The van der Waals surface area contributed by atoms with Crippen LogP contribution < -0.4 is 5.32 Å². The largest absolute Gasteiger partial charge is 0.356 e. The molecule has 2 bridgehead atoms. The standard InChI is InChI=1S/C16H22N2O2/c1-10(19)14-8-15(18-9-14)16(20)17-5-4-13-7-11-2-3-12(13)6-11/h8-9,11-13,18H,2-7H2,1H3,(H,17,20). The first kappa shape index (κ1) is 13.4. The molecule has 0 aromatic carbocycles. The first-order valence-electron chi connectivity index (χ1n) is 7.61. The van der Waals surface area contributed by atoms with Crippen molar-refractivity contribution in [2.45, 2.75) is 39.0 Å². The Labute approximate surface area is 119 Å². The summed E-state index contributed by atoms with van der Waals surface area (Å²) < 4.78 is 0. The quantitative estimate of drug-likeness (QED) is 0.811. The van der Waals surface area contributed by atoms with E-state index in [0.29, 0.717) is 11.3 Å². The maximum absolute atomic E-state index is 12.0. The molecule has 1 aromatic heterocycles. The molecule has 0 spiro atoms. The summed E-state index contributed by atoms with van der Waals surface area (Å²) in [4.78, 5) is 26.0. The Bertz CT molecular complexity index is 520. The van der Waals surface area contributed by atoms with Crippen LogP contribution in [-0.4, -0.2) is 23.2 Å². The summed E-state index contributed by atoms with van der Waals surface area (Å²) >= 11 is 0. The van der Waals surface area contributed by atoms with Crippen LogP contribution in [0.3, 0.4) is 0 Å². The highest BCUT2D eigenvalue weighted by Crippen LogP contribution is 2.49. The molecule has 2 aliphatic rings. The number of Topliss-reactive ketones (excluding diaryl/α,β-unsaturated/α-hetero) is 1. The third-order valence-corrected chi connectivity index (χ3v) is 5.02. The van der Waals surface area contributed by atoms with Gasteiger partial charge in [0.25, 0.3) is 5.91 Å². The van der Waals surface area contributed by atoms with Gasteiger partial charge in [-0.2, -0.15) is 0 Å². The van der Waals surface area contributed by atoms with Gasteiger partial charge in [-0.25, -0.2) is 0 Å². The number of hydrogen-bond donors (Lipinski definition) is 2. The Hall–Kier alpha value is -1.58. The third-order valence-electron chi connectivity index (χ3n) is 5.02. The monoisotopic (exact) mass is 274 g/mol. The van der Waals surface area contributed by atoms with Crippen molar-refractivity contribution in [1.82, 2.24) is 10.3 Å². The van der Waals surface area contributed by atoms with Crippen LogP contribution in [0.25, 0.3) is 0 Å². The Kier molecular flexibility index (Phi) is 3.64. The lowest BCUT2D eigenvalue weighted by molar-refractivity contribution is 0.0945. The molecule has 1 amide bonds. The van der Waals surface area contributed by atoms with E-state index in [-0.39, 0.29) is 11.7 Å². The Morgan fingerprint density at radius 3 is 2.80 bits per heavy atom. The van der Waals surface area contributed by atoms with Gasteiger partial charge in [0, 0.05) is 18.3 Å². The molecule has 2 saturated carbocycles. The topological polar surface area (TPSA) is 62.0 Å². The molecule has 3 rings (SSSR count). The van der Waals surface area contributed by atoms with Gasteiger partial charge in [-0.1, -0.05) is 6.42 Å². The Morgan fingerprint density at radius 2 is 2.20 bits per heavy atom. The van der Waals surface area contributed by atoms with E-state index in [1.807, 2.05) is 0 Å². The van der Waals surface area contributed by atoms with Gasteiger partial charge >= 0.3 is 0 Å². The summed E-state index contributed by atoms with van der Waals surface area (Å²) in [5.41, 5.74) is 1.03. The number of H-pyrrole nitrogens is 1. The van der Waals surface area contributed by atoms with Gasteiger partial charge in [-0.15, -0.1) is 0 Å². The van der Waals surface area contributed by atoms with Crippen LogP contribution in [0.2, 0.25) is 0 Å². The summed E-state index contributed by atoms with van der Waals surface area (Å²) in [6.07, 6.45) is 8.26. The third kappa shape index (κ3) is 2.65. The second kappa shape index (κ2) is 5.43. The fourth-order valence-corrected chi connectivity index (χ4v) is 3.93. The molecule has 3 unspecified atom stereocenters. The van der Waals surface area contributed by atoms with Crippen molar-refractivity contribution < 1.29 is 9.59 Å². The van der Waals surface area contributed by atoms with Crippen molar-refractivity contribution in [2.24, 2.45) is 17.8 Å². The van der Waals surface area contributed by atoms with E-state index in [1.165, 1.54) is 32.6 Å². The zero-order valence-corrected chi connectivity index (χ0v) is 11.9. The van der Waals surface area contributed by atoms with E-state index < -0.39 is 0 Å². The molecule has 0 aliphatic heterocycles. The molecular formula is C16H22N2O2. The molecule has 1 aromatic rings. The van der Waals surface area contributed by atoms with Crippen molar-refractivity contribution in [3.05, 3.63) is 23.5 Å². The molecule has 3 atom stereocenters. The second-order valence-electron chi connectivity index (χ2n) is 6.34. The van der Waals surface area contributed by atoms with Crippen molar-refractivity contribution in [2.75, 3.05) is 6.54 Å². The van der Waals surface area contributed by atoms with Gasteiger partial charge in [-0.3, -0.25) is 9.59 Å². The normalized spacial score (nSPS) is 27.8. The summed E-state index contributed by atoms with van der Waals surface area (Å²) in [6.45, 7) is 2.24. The van der Waals surface area contributed by atoms with Crippen LogP contribution >= 0.6 is 0 Å². The average molecular weight is 274 g/mol. The molecule has 2 N–H and O–H groups in total. The predicted octanol–water partition coefficient (Wildman–Crippen LogP) is 2.77. The molecule has 0 saturated heterocycles. The lowest BCUT2D eigenvalue weighted by atomic mass is 9.86. The summed E-state index contributed by atoms with van der Waals surface area (Å²) in [6, 6.07) is 1.62. The van der Waals surface area contributed by atoms with E-state index in [2.05, 4.69) is 10.3 Å². The predicted molar refractivity (Wildman–Crippen MR) is 76.7 cm³/mol. The second-order valence-corrected chi connectivity index (χ2v) is 6.34. The smallest absolute Gasteiger partial charge is 0.267 e. The van der Waals surface area contributed by atoms with Crippen LogP contribution in [0.1, 0.15) is 59.9 Å². The zero-order chi connectivity index (χ0) is 14.1. The highest BCUT2D eigenvalue weighted by atomic mass is 16.2. The van der Waals surface area contributed by atoms with E-state index in [4.69, 9.17) is 0 Å². The van der Waals surface area contributed by atoms with Gasteiger partial charge in [0.2, 0.25) is 0 Å². The van der Waals surface area contributed by atoms with Gasteiger partial charge in [0.05, 0.1) is 0 Å². The fourth-order valence-electron chi connectivity index (χ4n) is 3.93. The minimum Gasteiger partial charge on any atom is -0.356 e. The first-order chi connectivity index (χ1) is 9.63. The molecule has 2 aliphatic carbocycles. The number of fused-ring (bicyclic) bond motifs is 2. The van der Waals surface area contributed by atoms with Crippen molar-refractivity contribution >= 4 is 11.7 Å². The minimum atomic E-state index is -0.111. The number of carbonyl (C=O) groups is 2. The molecular weight excluding hydrogens is 252 g/mol. The van der Waals surface area contributed by atoms with Crippen molar-refractivity contribution in [1.29, 1.82) is 0 Å². The highest BCUT2D eigenvalue weighted by Gasteiger charge is 2.38. The minimum absolute atomic E-state index is 0.0257. The molecule has 0 radical (unpaired) electrons.